The van der Waals surface area contributed by atoms with Crippen molar-refractivity contribution in [2.24, 2.45) is 0 Å². The molecule has 72 valence electrons. The van der Waals surface area contributed by atoms with E-state index < -0.39 is 0 Å². The predicted octanol–water partition coefficient (Wildman–Crippen LogP) is 3.74. The number of halogens is 1. The van der Waals surface area contributed by atoms with Crippen LogP contribution >= 0.6 is 27.3 Å². The topological polar surface area (TPSA) is 12.0 Å². The molecule has 0 bridgehead atoms. The quantitative estimate of drug-likeness (QED) is 0.813. The number of nitrogens with one attached hydrogen (secondary N) is 1. The van der Waals surface area contributed by atoms with E-state index in [1.54, 1.807) is 11.3 Å². The number of hydrogen-bond donors (Lipinski definition) is 1. The highest BCUT2D eigenvalue weighted by atomic mass is 79.9. The van der Waals surface area contributed by atoms with Crippen LogP contribution in [0.15, 0.2) is 28.1 Å². The maximum absolute atomic E-state index is 3.86. The summed E-state index contributed by atoms with van der Waals surface area (Å²) >= 11 is 5.23. The minimum atomic E-state index is 0.410. The summed E-state index contributed by atoms with van der Waals surface area (Å²) in [5.41, 5.74) is 1.17. The first-order valence-corrected chi connectivity index (χ1v) is 5.83. The fourth-order valence-electron chi connectivity index (χ4n) is 0.989. The smallest absolute Gasteiger partial charge is 0.0701 e. The zero-order chi connectivity index (χ0) is 9.84. The lowest BCUT2D eigenvalue weighted by Crippen LogP contribution is -2.19. The average Bonchev–Trinajstić information content (AvgIpc) is 2.47. The predicted molar refractivity (Wildman–Crippen MR) is 63.3 cm³/mol. The normalized spacial score (nSPS) is 12.8. The van der Waals surface area contributed by atoms with E-state index in [9.17, 15) is 0 Å². The van der Waals surface area contributed by atoms with Gasteiger partial charge in [-0.3, -0.25) is 0 Å². The monoisotopic (exact) mass is 259 g/mol. The highest BCUT2D eigenvalue weighted by Crippen LogP contribution is 2.26. The summed E-state index contributed by atoms with van der Waals surface area (Å²) in [7, 11) is 0. The third-order valence-electron chi connectivity index (χ3n) is 1.73. The van der Waals surface area contributed by atoms with Gasteiger partial charge in [0.15, 0.2) is 0 Å². The molecular formula is C10H14BrNS. The van der Waals surface area contributed by atoms with Crippen LogP contribution in [0.2, 0.25) is 0 Å². The van der Waals surface area contributed by atoms with Crippen molar-refractivity contribution in [3.05, 3.63) is 32.9 Å². The lowest BCUT2D eigenvalue weighted by Gasteiger charge is -2.11. The molecule has 1 aromatic rings. The molecule has 1 N–H and O–H groups in total. The first-order chi connectivity index (χ1) is 6.09. The molecule has 1 heterocycles. The second kappa shape index (κ2) is 4.94. The maximum Gasteiger partial charge on any atom is 0.0701 e. The van der Waals surface area contributed by atoms with E-state index in [1.807, 2.05) is 6.92 Å². The molecule has 13 heavy (non-hydrogen) atoms. The lowest BCUT2D eigenvalue weighted by molar-refractivity contribution is 0.617. The Balaban J connectivity index is 2.48. The van der Waals surface area contributed by atoms with Gasteiger partial charge in [-0.25, -0.2) is 0 Å². The van der Waals surface area contributed by atoms with Gasteiger partial charge in [-0.1, -0.05) is 12.2 Å². The van der Waals surface area contributed by atoms with E-state index in [4.69, 9.17) is 0 Å². The van der Waals surface area contributed by atoms with Crippen LogP contribution in [0, 0.1) is 0 Å². The molecule has 0 amide bonds. The van der Waals surface area contributed by atoms with Gasteiger partial charge in [-0.2, -0.15) is 0 Å². The molecule has 0 fully saturated rings. The van der Waals surface area contributed by atoms with Crippen LogP contribution in [0.4, 0.5) is 0 Å². The first kappa shape index (κ1) is 11.0. The molecule has 0 saturated carbocycles. The molecule has 3 heteroatoms. The second-order valence-electron chi connectivity index (χ2n) is 3.20. The van der Waals surface area contributed by atoms with Crippen molar-refractivity contribution in [3.8, 4) is 0 Å². The van der Waals surface area contributed by atoms with Gasteiger partial charge in [0.1, 0.15) is 0 Å². The Labute approximate surface area is 92.0 Å². The third-order valence-corrected chi connectivity index (χ3v) is 3.54. The van der Waals surface area contributed by atoms with Crippen molar-refractivity contribution in [1.82, 2.24) is 5.32 Å². The standard InChI is InChI=1S/C10H14BrNS/c1-7(2)6-12-8(3)9-4-5-10(11)13-9/h4-5,8,12H,1,6H2,2-3H3. The Bertz CT molecular complexity index is 293. The maximum atomic E-state index is 3.86. The molecule has 0 saturated heterocycles. The molecule has 0 radical (unpaired) electrons. The van der Waals surface area contributed by atoms with Crippen molar-refractivity contribution < 1.29 is 0 Å². The van der Waals surface area contributed by atoms with Gasteiger partial charge in [0.05, 0.1) is 3.79 Å². The lowest BCUT2D eigenvalue weighted by atomic mass is 10.2. The van der Waals surface area contributed by atoms with Gasteiger partial charge in [-0.05, 0) is 41.9 Å². The third kappa shape index (κ3) is 3.63. The van der Waals surface area contributed by atoms with Crippen LogP contribution in [-0.4, -0.2) is 6.54 Å². The van der Waals surface area contributed by atoms with E-state index >= 15 is 0 Å². The molecule has 1 rings (SSSR count). The van der Waals surface area contributed by atoms with Crippen LogP contribution in [0.1, 0.15) is 24.8 Å². The average molecular weight is 260 g/mol. The van der Waals surface area contributed by atoms with E-state index in [0.29, 0.717) is 6.04 Å². The molecule has 1 unspecified atom stereocenters. The van der Waals surface area contributed by atoms with Crippen molar-refractivity contribution in [3.63, 3.8) is 0 Å². The Hall–Kier alpha value is -0.120. The molecule has 0 aliphatic heterocycles. The molecule has 0 aliphatic carbocycles. The van der Waals surface area contributed by atoms with E-state index in [1.165, 1.54) is 14.2 Å². The molecule has 1 nitrogen and oxygen atoms in total. The van der Waals surface area contributed by atoms with Gasteiger partial charge >= 0.3 is 0 Å². The van der Waals surface area contributed by atoms with E-state index in [-0.39, 0.29) is 0 Å². The zero-order valence-corrected chi connectivity index (χ0v) is 10.3. The van der Waals surface area contributed by atoms with Gasteiger partial charge in [-0.15, -0.1) is 11.3 Å². The van der Waals surface area contributed by atoms with Crippen LogP contribution < -0.4 is 5.32 Å². The largest absolute Gasteiger partial charge is 0.306 e. The fourth-order valence-corrected chi connectivity index (χ4v) is 2.44. The summed E-state index contributed by atoms with van der Waals surface area (Å²) in [4.78, 5) is 1.35. The van der Waals surface area contributed by atoms with Crippen molar-refractivity contribution in [2.45, 2.75) is 19.9 Å². The molecule has 0 aliphatic rings. The summed E-state index contributed by atoms with van der Waals surface area (Å²) < 4.78 is 1.19. The Morgan fingerprint density at radius 3 is 2.85 bits per heavy atom. The number of hydrogen-bond acceptors (Lipinski definition) is 2. The van der Waals surface area contributed by atoms with E-state index in [0.717, 1.165) is 6.54 Å². The Morgan fingerprint density at radius 1 is 1.69 bits per heavy atom. The summed E-state index contributed by atoms with van der Waals surface area (Å²) in [6, 6.07) is 4.64. The first-order valence-electron chi connectivity index (χ1n) is 4.22. The summed E-state index contributed by atoms with van der Waals surface area (Å²) in [5.74, 6) is 0. The van der Waals surface area contributed by atoms with E-state index in [2.05, 4.69) is 46.9 Å². The fraction of sp³-hybridized carbons (Fsp3) is 0.400. The van der Waals surface area contributed by atoms with Gasteiger partial charge < -0.3 is 5.32 Å². The highest BCUT2D eigenvalue weighted by molar-refractivity contribution is 9.11. The van der Waals surface area contributed by atoms with Crippen molar-refractivity contribution in [2.75, 3.05) is 6.54 Å². The van der Waals surface area contributed by atoms with Gasteiger partial charge in [0.2, 0.25) is 0 Å². The number of thiophene rings is 1. The molecule has 1 atom stereocenters. The minimum Gasteiger partial charge on any atom is -0.306 e. The van der Waals surface area contributed by atoms with Crippen LogP contribution in [-0.2, 0) is 0 Å². The highest BCUT2D eigenvalue weighted by Gasteiger charge is 2.06. The van der Waals surface area contributed by atoms with Crippen LogP contribution in [0.3, 0.4) is 0 Å². The van der Waals surface area contributed by atoms with Gasteiger partial charge in [0.25, 0.3) is 0 Å². The molecular weight excluding hydrogens is 246 g/mol. The van der Waals surface area contributed by atoms with Crippen LogP contribution in [0.5, 0.6) is 0 Å². The number of rotatable bonds is 4. The zero-order valence-electron chi connectivity index (χ0n) is 7.93. The van der Waals surface area contributed by atoms with Crippen molar-refractivity contribution in [1.29, 1.82) is 0 Å². The molecule has 0 spiro atoms. The van der Waals surface area contributed by atoms with Crippen LogP contribution in [0.25, 0.3) is 0 Å². The Morgan fingerprint density at radius 2 is 2.38 bits per heavy atom. The Kier molecular flexibility index (Phi) is 4.16. The SMILES string of the molecule is C=C(C)CNC(C)c1ccc(Br)s1. The summed E-state index contributed by atoms with van der Waals surface area (Å²) in [6.07, 6.45) is 0. The summed E-state index contributed by atoms with van der Waals surface area (Å²) in [6.45, 7) is 8.94. The minimum absolute atomic E-state index is 0.410. The van der Waals surface area contributed by atoms with Crippen molar-refractivity contribution >= 4 is 27.3 Å². The van der Waals surface area contributed by atoms with Gasteiger partial charge in [0, 0.05) is 17.5 Å². The second-order valence-corrected chi connectivity index (χ2v) is 5.70. The summed E-state index contributed by atoms with van der Waals surface area (Å²) in [5, 5.41) is 3.40. The molecule has 0 aromatic carbocycles. The molecule has 1 aromatic heterocycles.